The third-order valence-corrected chi connectivity index (χ3v) is 4.60. The van der Waals surface area contributed by atoms with Gasteiger partial charge in [0.15, 0.2) is 0 Å². The number of imidazole rings is 1. The minimum Gasteiger partial charge on any atom is -0.490 e. The molecule has 0 saturated heterocycles. The molecule has 3 rings (SSSR count). The van der Waals surface area contributed by atoms with Gasteiger partial charge in [-0.05, 0) is 24.3 Å². The minimum absolute atomic E-state index is 0.0111. The maximum absolute atomic E-state index is 12.5. The number of carbonyl (C=O) groups excluding carboxylic acids is 1. The largest absolute Gasteiger partial charge is 0.490 e. The molecule has 0 aliphatic rings. The zero-order valence-electron chi connectivity index (χ0n) is 14.7. The molecule has 1 amide bonds. The van der Waals surface area contributed by atoms with E-state index in [1.807, 2.05) is 36.4 Å². The number of amides is 1. The summed E-state index contributed by atoms with van der Waals surface area (Å²) >= 11 is 6.04. The Morgan fingerprint density at radius 2 is 1.77 bits per heavy atom. The first-order valence-corrected chi connectivity index (χ1v) is 8.62. The van der Waals surface area contributed by atoms with E-state index in [4.69, 9.17) is 16.3 Å². The van der Waals surface area contributed by atoms with Gasteiger partial charge in [-0.1, -0.05) is 35.9 Å². The van der Waals surface area contributed by atoms with Crippen LogP contribution in [0.5, 0.6) is 5.75 Å². The van der Waals surface area contributed by atoms with Gasteiger partial charge in [0.05, 0.1) is 22.6 Å². The fraction of sp³-hybridized carbons (Fsp3) is 0.263. The van der Waals surface area contributed by atoms with Crippen LogP contribution >= 0.6 is 11.6 Å². The zero-order valence-corrected chi connectivity index (χ0v) is 15.4. The topological polar surface area (TPSA) is 56.5 Å². The van der Waals surface area contributed by atoms with Crippen molar-refractivity contribution in [2.75, 3.05) is 20.2 Å². The molecule has 3 aromatic rings. The average Bonchev–Trinajstić information content (AvgIpc) is 2.88. The second-order valence-electron chi connectivity index (χ2n) is 6.01. The molecule has 0 saturated carbocycles. The Bertz CT molecular complexity index is 993. The number of ether oxygens (including phenoxy) is 1. The van der Waals surface area contributed by atoms with Gasteiger partial charge in [0.1, 0.15) is 18.9 Å². The quantitative estimate of drug-likeness (QED) is 0.667. The van der Waals surface area contributed by atoms with Crippen molar-refractivity contribution in [1.29, 1.82) is 0 Å². The van der Waals surface area contributed by atoms with Crippen LogP contribution < -0.4 is 10.4 Å². The number of para-hydroxylation sites is 3. The van der Waals surface area contributed by atoms with Crippen LogP contribution in [0.15, 0.2) is 53.3 Å². The highest BCUT2D eigenvalue weighted by Crippen LogP contribution is 2.22. The van der Waals surface area contributed by atoms with E-state index in [0.717, 1.165) is 11.0 Å². The van der Waals surface area contributed by atoms with Crippen molar-refractivity contribution in [2.24, 2.45) is 7.05 Å². The maximum Gasteiger partial charge on any atom is 0.329 e. The molecule has 0 aliphatic carbocycles. The average molecular weight is 374 g/mol. The molecule has 7 heteroatoms. The number of hydrogen-bond donors (Lipinski definition) is 0. The summed E-state index contributed by atoms with van der Waals surface area (Å²) in [7, 11) is 3.39. The first-order chi connectivity index (χ1) is 12.5. The normalized spacial score (nSPS) is 10.9. The number of aryl methyl sites for hydroxylation is 1. The molecule has 0 fully saturated rings. The summed E-state index contributed by atoms with van der Waals surface area (Å²) in [6.07, 6.45) is 0. The molecule has 6 nitrogen and oxygen atoms in total. The molecule has 26 heavy (non-hydrogen) atoms. The molecular weight excluding hydrogens is 354 g/mol. The molecule has 0 radical (unpaired) electrons. The number of hydrogen-bond acceptors (Lipinski definition) is 3. The molecule has 0 aliphatic heterocycles. The molecule has 1 heterocycles. The number of aromatic nitrogens is 2. The van der Waals surface area contributed by atoms with Gasteiger partial charge in [-0.15, -0.1) is 0 Å². The Labute approximate surface area is 156 Å². The van der Waals surface area contributed by atoms with Crippen LogP contribution in [0.4, 0.5) is 0 Å². The van der Waals surface area contributed by atoms with Crippen LogP contribution in [0, 0.1) is 0 Å². The van der Waals surface area contributed by atoms with E-state index < -0.39 is 0 Å². The van der Waals surface area contributed by atoms with Gasteiger partial charge in [-0.3, -0.25) is 13.9 Å². The van der Waals surface area contributed by atoms with Crippen molar-refractivity contribution < 1.29 is 9.53 Å². The summed E-state index contributed by atoms with van der Waals surface area (Å²) in [6.45, 7) is 0.697. The van der Waals surface area contributed by atoms with E-state index in [1.165, 1.54) is 4.57 Å². The van der Waals surface area contributed by atoms with Crippen molar-refractivity contribution >= 4 is 28.5 Å². The van der Waals surface area contributed by atoms with Gasteiger partial charge in [-0.2, -0.15) is 0 Å². The van der Waals surface area contributed by atoms with Crippen LogP contribution in [0.3, 0.4) is 0 Å². The first-order valence-electron chi connectivity index (χ1n) is 8.24. The van der Waals surface area contributed by atoms with Crippen LogP contribution in [0.2, 0.25) is 5.02 Å². The van der Waals surface area contributed by atoms with Crippen molar-refractivity contribution in [2.45, 2.75) is 6.54 Å². The van der Waals surface area contributed by atoms with Crippen molar-refractivity contribution in [3.8, 4) is 5.75 Å². The van der Waals surface area contributed by atoms with Crippen molar-refractivity contribution in [3.05, 3.63) is 64.0 Å². The lowest BCUT2D eigenvalue weighted by Crippen LogP contribution is -2.36. The Hall–Kier alpha value is -2.73. The monoisotopic (exact) mass is 373 g/mol. The Morgan fingerprint density at radius 1 is 1.12 bits per heavy atom. The van der Waals surface area contributed by atoms with Gasteiger partial charge in [0.2, 0.25) is 5.91 Å². The zero-order chi connectivity index (χ0) is 18.7. The molecule has 1 aromatic heterocycles. The highest BCUT2D eigenvalue weighted by atomic mass is 35.5. The highest BCUT2D eigenvalue weighted by molar-refractivity contribution is 6.32. The van der Waals surface area contributed by atoms with Gasteiger partial charge >= 0.3 is 5.69 Å². The molecule has 136 valence electrons. The Kier molecular flexibility index (Phi) is 5.32. The van der Waals surface area contributed by atoms with Gasteiger partial charge in [-0.25, -0.2) is 4.79 Å². The summed E-state index contributed by atoms with van der Waals surface area (Å²) in [5, 5.41) is 0.531. The number of benzene rings is 2. The van der Waals surface area contributed by atoms with Crippen LogP contribution in [-0.4, -0.2) is 40.1 Å². The molecule has 2 aromatic carbocycles. The lowest BCUT2D eigenvalue weighted by atomic mass is 10.3. The fourth-order valence-corrected chi connectivity index (χ4v) is 2.94. The third-order valence-electron chi connectivity index (χ3n) is 4.29. The number of nitrogens with zero attached hydrogens (tertiary/aromatic N) is 3. The summed E-state index contributed by atoms with van der Waals surface area (Å²) in [5.74, 6) is 0.423. The highest BCUT2D eigenvalue weighted by Gasteiger charge is 2.16. The number of halogens is 1. The van der Waals surface area contributed by atoms with Gasteiger partial charge in [0.25, 0.3) is 0 Å². The second-order valence-corrected chi connectivity index (χ2v) is 6.42. The van der Waals surface area contributed by atoms with Crippen LogP contribution in [-0.2, 0) is 18.4 Å². The Balaban J connectivity index is 1.64. The number of rotatable bonds is 6. The molecule has 0 bridgehead atoms. The standard InChI is InChI=1S/C19H20ClN3O3/c1-21(11-12-26-17-10-6-3-7-14(17)20)18(24)13-23-16-9-5-4-8-15(16)22(2)19(23)25/h3-10H,11-13H2,1-2H3. The first kappa shape index (κ1) is 18.1. The fourth-order valence-electron chi connectivity index (χ4n) is 2.75. The summed E-state index contributed by atoms with van der Waals surface area (Å²) in [5.41, 5.74) is 1.34. The second kappa shape index (κ2) is 7.66. The van der Waals surface area contributed by atoms with Crippen molar-refractivity contribution in [3.63, 3.8) is 0 Å². The predicted molar refractivity (Wildman–Crippen MR) is 102 cm³/mol. The lowest BCUT2D eigenvalue weighted by molar-refractivity contribution is -0.130. The van der Waals surface area contributed by atoms with E-state index >= 15 is 0 Å². The van der Waals surface area contributed by atoms with Crippen molar-refractivity contribution in [1.82, 2.24) is 14.0 Å². The molecular formula is C19H20ClN3O3. The van der Waals surface area contributed by atoms with Crippen LogP contribution in [0.1, 0.15) is 0 Å². The molecule has 0 unspecified atom stereocenters. The lowest BCUT2D eigenvalue weighted by Gasteiger charge is -2.18. The van der Waals surface area contributed by atoms with Gasteiger partial charge < -0.3 is 9.64 Å². The van der Waals surface area contributed by atoms with E-state index in [1.54, 1.807) is 35.7 Å². The number of carbonyl (C=O) groups is 1. The van der Waals surface area contributed by atoms with E-state index in [2.05, 4.69) is 0 Å². The van der Waals surface area contributed by atoms with E-state index in [-0.39, 0.29) is 18.1 Å². The molecule has 0 N–H and O–H groups in total. The number of likely N-dealkylation sites (N-methyl/N-ethyl adjacent to an activating group) is 1. The smallest absolute Gasteiger partial charge is 0.329 e. The summed E-state index contributed by atoms with van der Waals surface area (Å²) in [4.78, 5) is 26.4. The third kappa shape index (κ3) is 3.60. The maximum atomic E-state index is 12.5. The SMILES string of the molecule is CN(CCOc1ccccc1Cl)C(=O)Cn1c(=O)n(C)c2ccccc21. The Morgan fingerprint density at radius 3 is 2.50 bits per heavy atom. The molecule has 0 spiro atoms. The van der Waals surface area contributed by atoms with Crippen LogP contribution in [0.25, 0.3) is 11.0 Å². The summed E-state index contributed by atoms with van der Waals surface area (Å²) in [6, 6.07) is 14.6. The van der Waals surface area contributed by atoms with E-state index in [9.17, 15) is 9.59 Å². The minimum atomic E-state index is -0.208. The van der Waals surface area contributed by atoms with E-state index in [0.29, 0.717) is 23.9 Å². The van der Waals surface area contributed by atoms with Gasteiger partial charge in [0, 0.05) is 14.1 Å². The molecule has 0 atom stereocenters. The number of fused-ring (bicyclic) bond motifs is 1. The predicted octanol–water partition coefficient (Wildman–Crippen LogP) is 2.53. The summed E-state index contributed by atoms with van der Waals surface area (Å²) < 4.78 is 8.64.